The van der Waals surface area contributed by atoms with E-state index in [1.54, 1.807) is 6.92 Å². The molecule has 0 aromatic carbocycles. The molecule has 0 amide bonds. The second-order valence-electron chi connectivity index (χ2n) is 2.59. The largest absolute Gasteiger partial charge is 0.469 e. The number of ether oxygens (including phenoxy) is 2. The third kappa shape index (κ3) is 9.32. The maximum absolute atomic E-state index is 10.8. The summed E-state index contributed by atoms with van der Waals surface area (Å²) in [7, 11) is 1.35. The molecular weight excluding hydrogens is 208 g/mol. The first-order valence-corrected chi connectivity index (χ1v) is 4.43. The van der Waals surface area contributed by atoms with Gasteiger partial charge in [0.05, 0.1) is 13.7 Å². The molecule has 0 radical (unpaired) electrons. The molecule has 0 bridgehead atoms. The predicted octanol–water partition coefficient (Wildman–Crippen LogP) is 1.70. The molecular formula is C9H17ClO4. The van der Waals surface area contributed by atoms with Gasteiger partial charge in [0.2, 0.25) is 0 Å². The van der Waals surface area contributed by atoms with Crippen LogP contribution < -0.4 is 0 Å². The van der Waals surface area contributed by atoms with Gasteiger partial charge in [-0.3, -0.25) is 9.59 Å². The smallest absolute Gasteiger partial charge is 0.305 e. The first-order chi connectivity index (χ1) is 6.20. The average Bonchev–Trinajstić information content (AvgIpc) is 2.12. The number of unbranched alkanes of at least 4 members (excludes halogenated alkanes) is 1. The number of carbonyl (C=O) groups is 2. The lowest BCUT2D eigenvalue weighted by Gasteiger charge is -2.00. The van der Waals surface area contributed by atoms with E-state index in [2.05, 4.69) is 4.74 Å². The van der Waals surface area contributed by atoms with Gasteiger partial charge >= 0.3 is 11.9 Å². The van der Waals surface area contributed by atoms with Gasteiger partial charge in [0, 0.05) is 12.8 Å². The molecule has 0 aromatic heterocycles. The highest BCUT2D eigenvalue weighted by Crippen LogP contribution is 2.02. The highest BCUT2D eigenvalue weighted by atomic mass is 35.5. The van der Waals surface area contributed by atoms with Gasteiger partial charge in [-0.15, -0.1) is 12.4 Å². The molecule has 0 spiro atoms. The van der Waals surface area contributed by atoms with Crippen molar-refractivity contribution in [1.82, 2.24) is 0 Å². The molecule has 4 nitrogen and oxygen atoms in total. The van der Waals surface area contributed by atoms with Crippen molar-refractivity contribution in [1.29, 1.82) is 0 Å². The summed E-state index contributed by atoms with van der Waals surface area (Å²) >= 11 is 0. The Balaban J connectivity index is 0. The Hall–Kier alpha value is -0.770. The third-order valence-corrected chi connectivity index (χ3v) is 1.54. The molecule has 0 N–H and O–H groups in total. The van der Waals surface area contributed by atoms with Gasteiger partial charge in [-0.1, -0.05) is 0 Å². The number of methoxy groups -OCH3 is 1. The summed E-state index contributed by atoms with van der Waals surface area (Å²) in [5, 5.41) is 0. The molecule has 14 heavy (non-hydrogen) atoms. The number of rotatable bonds is 6. The summed E-state index contributed by atoms with van der Waals surface area (Å²) < 4.78 is 9.17. The van der Waals surface area contributed by atoms with Gasteiger partial charge in [-0.05, 0) is 19.8 Å². The van der Waals surface area contributed by atoms with Crippen LogP contribution in [0.1, 0.15) is 32.6 Å². The Kier molecular flexibility index (Phi) is 11.6. The average molecular weight is 225 g/mol. The monoisotopic (exact) mass is 224 g/mol. The molecule has 0 saturated carbocycles. The lowest BCUT2D eigenvalue weighted by molar-refractivity contribution is -0.144. The van der Waals surface area contributed by atoms with E-state index in [1.165, 1.54) is 7.11 Å². The fraction of sp³-hybridized carbons (Fsp3) is 0.778. The van der Waals surface area contributed by atoms with Crippen molar-refractivity contribution < 1.29 is 19.1 Å². The zero-order valence-electron chi connectivity index (χ0n) is 8.58. The van der Waals surface area contributed by atoms with Crippen LogP contribution in [0, 0.1) is 0 Å². The zero-order valence-corrected chi connectivity index (χ0v) is 9.39. The SMILES string of the molecule is CCOC(=O)CCCCC(=O)OC.Cl. The van der Waals surface area contributed by atoms with Crippen molar-refractivity contribution in [2.24, 2.45) is 0 Å². The van der Waals surface area contributed by atoms with Gasteiger partial charge < -0.3 is 9.47 Å². The van der Waals surface area contributed by atoms with Gasteiger partial charge in [0.1, 0.15) is 0 Å². The van der Waals surface area contributed by atoms with Crippen molar-refractivity contribution in [3.05, 3.63) is 0 Å². The Labute approximate surface area is 90.4 Å². The molecule has 0 aliphatic carbocycles. The van der Waals surface area contributed by atoms with Crippen LogP contribution in [0.5, 0.6) is 0 Å². The van der Waals surface area contributed by atoms with Crippen molar-refractivity contribution in [3.63, 3.8) is 0 Å². The van der Waals surface area contributed by atoms with E-state index in [9.17, 15) is 9.59 Å². The maximum atomic E-state index is 10.8. The van der Waals surface area contributed by atoms with Crippen molar-refractivity contribution >= 4 is 24.3 Å². The maximum Gasteiger partial charge on any atom is 0.305 e. The van der Waals surface area contributed by atoms with Crippen LogP contribution >= 0.6 is 12.4 Å². The van der Waals surface area contributed by atoms with E-state index in [0.29, 0.717) is 32.3 Å². The minimum absolute atomic E-state index is 0. The van der Waals surface area contributed by atoms with Crippen LogP contribution in [0.25, 0.3) is 0 Å². The molecule has 84 valence electrons. The molecule has 0 atom stereocenters. The molecule has 0 aromatic rings. The van der Waals surface area contributed by atoms with E-state index in [4.69, 9.17) is 4.74 Å². The Bertz CT molecular complexity index is 170. The van der Waals surface area contributed by atoms with Gasteiger partial charge in [-0.2, -0.15) is 0 Å². The van der Waals surface area contributed by atoms with E-state index in [0.717, 1.165) is 0 Å². The molecule has 5 heteroatoms. The number of esters is 2. The van der Waals surface area contributed by atoms with Crippen molar-refractivity contribution in [3.8, 4) is 0 Å². The summed E-state index contributed by atoms with van der Waals surface area (Å²) in [6, 6.07) is 0. The van der Waals surface area contributed by atoms with E-state index in [1.807, 2.05) is 0 Å². The van der Waals surface area contributed by atoms with Gasteiger partial charge in [0.25, 0.3) is 0 Å². The number of halogens is 1. The molecule has 0 saturated heterocycles. The minimum Gasteiger partial charge on any atom is -0.469 e. The topological polar surface area (TPSA) is 52.6 Å². The fourth-order valence-corrected chi connectivity index (χ4v) is 0.874. The Morgan fingerprint density at radius 3 is 2.00 bits per heavy atom. The van der Waals surface area contributed by atoms with Gasteiger partial charge in [-0.25, -0.2) is 0 Å². The van der Waals surface area contributed by atoms with E-state index >= 15 is 0 Å². The van der Waals surface area contributed by atoms with Crippen molar-refractivity contribution in [2.75, 3.05) is 13.7 Å². The molecule has 0 unspecified atom stereocenters. The highest BCUT2D eigenvalue weighted by Gasteiger charge is 2.03. The van der Waals surface area contributed by atoms with Crippen LogP contribution in [0.2, 0.25) is 0 Å². The first kappa shape index (κ1) is 15.7. The summed E-state index contributed by atoms with van der Waals surface area (Å²) in [5.74, 6) is -0.434. The molecule has 0 rings (SSSR count). The van der Waals surface area contributed by atoms with Crippen LogP contribution in [-0.2, 0) is 19.1 Å². The predicted molar refractivity (Wildman–Crippen MR) is 54.4 cm³/mol. The summed E-state index contributed by atoms with van der Waals surface area (Å²) in [6.45, 7) is 2.18. The summed E-state index contributed by atoms with van der Waals surface area (Å²) in [5.41, 5.74) is 0. The van der Waals surface area contributed by atoms with Gasteiger partial charge in [0.15, 0.2) is 0 Å². The molecule has 0 fully saturated rings. The highest BCUT2D eigenvalue weighted by molar-refractivity contribution is 5.85. The lowest BCUT2D eigenvalue weighted by Crippen LogP contribution is -2.04. The summed E-state index contributed by atoms with van der Waals surface area (Å²) in [6.07, 6.45) is 2.10. The third-order valence-electron chi connectivity index (χ3n) is 1.54. The fourth-order valence-electron chi connectivity index (χ4n) is 0.874. The van der Waals surface area contributed by atoms with E-state index < -0.39 is 0 Å². The van der Waals surface area contributed by atoms with Crippen LogP contribution in [0.4, 0.5) is 0 Å². The number of carbonyl (C=O) groups excluding carboxylic acids is 2. The second kappa shape index (κ2) is 10.3. The first-order valence-electron chi connectivity index (χ1n) is 4.43. The van der Waals surface area contributed by atoms with E-state index in [-0.39, 0.29) is 24.3 Å². The van der Waals surface area contributed by atoms with Crippen molar-refractivity contribution in [2.45, 2.75) is 32.6 Å². The Morgan fingerprint density at radius 2 is 1.57 bits per heavy atom. The van der Waals surface area contributed by atoms with Crippen LogP contribution in [0.15, 0.2) is 0 Å². The lowest BCUT2D eigenvalue weighted by atomic mass is 10.2. The molecule has 0 heterocycles. The Morgan fingerprint density at radius 1 is 1.07 bits per heavy atom. The second-order valence-corrected chi connectivity index (χ2v) is 2.59. The molecule has 0 aliphatic rings. The normalized spacial score (nSPS) is 8.71. The minimum atomic E-state index is -0.233. The van der Waals surface area contributed by atoms with Crippen LogP contribution in [0.3, 0.4) is 0 Å². The summed E-state index contributed by atoms with van der Waals surface area (Å²) in [4.78, 5) is 21.5. The van der Waals surface area contributed by atoms with Crippen LogP contribution in [-0.4, -0.2) is 25.7 Å². The number of hydrogen-bond donors (Lipinski definition) is 0. The zero-order chi connectivity index (χ0) is 10.1. The quantitative estimate of drug-likeness (QED) is 0.509. The molecule has 0 aliphatic heterocycles. The standard InChI is InChI=1S/C9H16O4.ClH/c1-3-13-9(11)7-5-4-6-8(10)12-2;/h3-7H2,1-2H3;1H. The number of hydrogen-bond acceptors (Lipinski definition) is 4.